The van der Waals surface area contributed by atoms with Crippen LogP contribution in [0, 0.1) is 0 Å². The highest BCUT2D eigenvalue weighted by Crippen LogP contribution is 2.47. The fourth-order valence-corrected chi connectivity index (χ4v) is 7.43. The van der Waals surface area contributed by atoms with Gasteiger partial charge in [0.2, 0.25) is 5.95 Å². The summed E-state index contributed by atoms with van der Waals surface area (Å²) in [5, 5.41) is 12.0. The third kappa shape index (κ3) is 3.79. The van der Waals surface area contributed by atoms with Crippen molar-refractivity contribution in [1.82, 2.24) is 19.5 Å². The monoisotopic (exact) mass is 598 g/mol. The zero-order valence-electron chi connectivity index (χ0n) is 25.3. The van der Waals surface area contributed by atoms with Gasteiger partial charge in [0, 0.05) is 32.7 Å². The number of hydrogen-bond acceptors (Lipinski definition) is 3. The highest BCUT2D eigenvalue weighted by atomic mass is 15.2. The number of rotatable bonds is 3. The first-order valence-electron chi connectivity index (χ1n) is 15.9. The van der Waals surface area contributed by atoms with E-state index in [1.165, 1.54) is 43.1 Å². The molecule has 0 aliphatic rings. The molecule has 4 heteroatoms. The van der Waals surface area contributed by atoms with E-state index in [0.29, 0.717) is 17.6 Å². The van der Waals surface area contributed by atoms with Crippen molar-refractivity contribution in [2.24, 2.45) is 0 Å². The molecule has 10 rings (SSSR count). The van der Waals surface area contributed by atoms with Crippen LogP contribution in [-0.4, -0.2) is 19.5 Å². The first-order chi connectivity index (χ1) is 23.3. The summed E-state index contributed by atoms with van der Waals surface area (Å²) in [5.41, 5.74) is 4.08. The molecule has 0 N–H and O–H groups in total. The topological polar surface area (TPSA) is 43.6 Å². The van der Waals surface area contributed by atoms with Crippen LogP contribution in [0.3, 0.4) is 0 Å². The van der Waals surface area contributed by atoms with Gasteiger partial charge in [-0.15, -0.1) is 0 Å². The zero-order valence-corrected chi connectivity index (χ0v) is 25.3. The Bertz CT molecular complexity index is 2650. The van der Waals surface area contributed by atoms with Crippen LogP contribution < -0.4 is 0 Å². The van der Waals surface area contributed by atoms with E-state index < -0.39 is 0 Å². The fourth-order valence-electron chi connectivity index (χ4n) is 7.43. The second kappa shape index (κ2) is 10.1. The van der Waals surface area contributed by atoms with Gasteiger partial charge in [-0.3, -0.25) is 4.57 Å². The van der Waals surface area contributed by atoms with E-state index in [2.05, 4.69) is 126 Å². The van der Waals surface area contributed by atoms with E-state index >= 15 is 0 Å². The van der Waals surface area contributed by atoms with Gasteiger partial charge in [-0.1, -0.05) is 158 Å². The molecular formula is C43H26N4. The predicted molar refractivity (Wildman–Crippen MR) is 195 cm³/mol. The van der Waals surface area contributed by atoms with Crippen LogP contribution in [-0.2, 0) is 0 Å². The van der Waals surface area contributed by atoms with E-state index in [4.69, 9.17) is 15.0 Å². The minimum absolute atomic E-state index is 0.596. The standard InChI is InChI=1S/C43H26N4/c1-3-15-27(16-4-1)41-44-42(28-17-5-2-6-18-28)46-43(45-41)47-39-35-25-13-9-21-31(35)29-19-7-11-23-33(29)37(39)38-34-24-12-8-20-30(34)32-22-10-14-26-36(32)40(38)47/h1-26H. The van der Waals surface area contributed by atoms with Crippen LogP contribution in [0.5, 0.6) is 0 Å². The Morgan fingerprint density at radius 2 is 0.617 bits per heavy atom. The van der Waals surface area contributed by atoms with Crippen LogP contribution in [0.4, 0.5) is 0 Å². The molecule has 47 heavy (non-hydrogen) atoms. The molecule has 0 amide bonds. The minimum atomic E-state index is 0.596. The lowest BCUT2D eigenvalue weighted by molar-refractivity contribution is 0.957. The van der Waals surface area contributed by atoms with Gasteiger partial charge < -0.3 is 0 Å². The Hall–Kier alpha value is -6.39. The van der Waals surface area contributed by atoms with Crippen LogP contribution in [0.1, 0.15) is 0 Å². The first kappa shape index (κ1) is 25.9. The van der Waals surface area contributed by atoms with Gasteiger partial charge in [0.05, 0.1) is 11.0 Å². The fraction of sp³-hybridized carbons (Fsp3) is 0. The van der Waals surface area contributed by atoms with Gasteiger partial charge in [0.25, 0.3) is 0 Å². The van der Waals surface area contributed by atoms with Crippen molar-refractivity contribution in [2.75, 3.05) is 0 Å². The normalized spacial score (nSPS) is 11.8. The van der Waals surface area contributed by atoms with Crippen LogP contribution in [0.15, 0.2) is 158 Å². The maximum Gasteiger partial charge on any atom is 0.238 e. The third-order valence-electron chi connectivity index (χ3n) is 9.40. The number of fused-ring (bicyclic) bond motifs is 13. The molecule has 0 radical (unpaired) electrons. The molecule has 2 heterocycles. The molecule has 10 aromatic rings. The van der Waals surface area contributed by atoms with Crippen molar-refractivity contribution >= 4 is 64.9 Å². The second-order valence-electron chi connectivity index (χ2n) is 12.0. The van der Waals surface area contributed by atoms with Crippen LogP contribution in [0.25, 0.3) is 93.6 Å². The van der Waals surface area contributed by atoms with Gasteiger partial charge in [0.1, 0.15) is 0 Å². The van der Waals surface area contributed by atoms with Gasteiger partial charge >= 0.3 is 0 Å². The van der Waals surface area contributed by atoms with Gasteiger partial charge in [-0.05, 0) is 32.3 Å². The Morgan fingerprint density at radius 3 is 1.02 bits per heavy atom. The third-order valence-corrected chi connectivity index (χ3v) is 9.40. The Kier molecular flexibility index (Phi) is 5.54. The maximum absolute atomic E-state index is 5.29. The summed E-state index contributed by atoms with van der Waals surface area (Å²) in [6.45, 7) is 0. The maximum atomic E-state index is 5.29. The molecule has 0 aliphatic heterocycles. The van der Waals surface area contributed by atoms with E-state index in [9.17, 15) is 0 Å². The molecule has 0 aliphatic carbocycles. The summed E-state index contributed by atoms with van der Waals surface area (Å²) in [5.74, 6) is 1.87. The molecule has 0 atom stereocenters. The van der Waals surface area contributed by atoms with Gasteiger partial charge in [0.15, 0.2) is 11.6 Å². The van der Waals surface area contributed by atoms with Crippen molar-refractivity contribution in [3.05, 3.63) is 158 Å². The smallest absolute Gasteiger partial charge is 0.238 e. The molecule has 4 nitrogen and oxygen atoms in total. The van der Waals surface area contributed by atoms with Gasteiger partial charge in [-0.25, -0.2) is 4.98 Å². The van der Waals surface area contributed by atoms with Crippen molar-refractivity contribution in [2.45, 2.75) is 0 Å². The SMILES string of the molecule is c1ccc(-c2nc(-c3ccccc3)nc(-n3c4c5ccccc5c5ccccc5c4c4c5ccccc5c5ccccc5c43)n2)cc1. The Labute approximate surface area is 270 Å². The molecule has 0 unspecified atom stereocenters. The molecule has 0 spiro atoms. The van der Waals surface area contributed by atoms with E-state index in [1.807, 2.05) is 36.4 Å². The molecular weight excluding hydrogens is 573 g/mol. The Balaban J connectivity index is 1.51. The minimum Gasteiger partial charge on any atom is -0.276 e. The lowest BCUT2D eigenvalue weighted by Gasteiger charge is -2.14. The molecule has 2 aromatic heterocycles. The first-order valence-corrected chi connectivity index (χ1v) is 15.9. The van der Waals surface area contributed by atoms with E-state index in [1.54, 1.807) is 0 Å². The molecule has 0 bridgehead atoms. The second-order valence-corrected chi connectivity index (χ2v) is 12.0. The Morgan fingerprint density at radius 1 is 0.298 bits per heavy atom. The number of benzene rings is 8. The predicted octanol–water partition coefficient (Wildman–Crippen LogP) is 10.9. The zero-order chi connectivity index (χ0) is 30.9. The van der Waals surface area contributed by atoms with E-state index in [0.717, 1.165) is 32.9 Å². The van der Waals surface area contributed by atoms with Crippen molar-refractivity contribution in [3.63, 3.8) is 0 Å². The van der Waals surface area contributed by atoms with Crippen LogP contribution in [0.2, 0.25) is 0 Å². The molecule has 8 aromatic carbocycles. The molecule has 0 saturated carbocycles. The lowest BCUT2D eigenvalue weighted by atomic mass is 9.93. The van der Waals surface area contributed by atoms with Crippen molar-refractivity contribution in [1.29, 1.82) is 0 Å². The quantitative estimate of drug-likeness (QED) is 0.190. The average molecular weight is 599 g/mol. The highest BCUT2D eigenvalue weighted by molar-refractivity contribution is 6.40. The van der Waals surface area contributed by atoms with Gasteiger partial charge in [-0.2, -0.15) is 9.97 Å². The highest BCUT2D eigenvalue weighted by Gasteiger charge is 2.25. The summed E-state index contributed by atoms with van der Waals surface area (Å²) in [6.07, 6.45) is 0. The lowest BCUT2D eigenvalue weighted by Crippen LogP contribution is -2.07. The van der Waals surface area contributed by atoms with E-state index in [-0.39, 0.29) is 0 Å². The molecule has 0 saturated heterocycles. The summed E-state index contributed by atoms with van der Waals surface area (Å²) in [7, 11) is 0. The van der Waals surface area contributed by atoms with Crippen molar-refractivity contribution < 1.29 is 0 Å². The summed E-state index contributed by atoms with van der Waals surface area (Å²) in [4.78, 5) is 15.6. The summed E-state index contributed by atoms with van der Waals surface area (Å²) in [6, 6.07) is 55.4. The molecule has 218 valence electrons. The largest absolute Gasteiger partial charge is 0.276 e. The summed E-state index contributed by atoms with van der Waals surface area (Å²) >= 11 is 0. The summed E-state index contributed by atoms with van der Waals surface area (Å²) < 4.78 is 2.31. The number of aromatic nitrogens is 4. The van der Waals surface area contributed by atoms with Crippen molar-refractivity contribution in [3.8, 4) is 28.7 Å². The molecule has 0 fully saturated rings. The average Bonchev–Trinajstić information content (AvgIpc) is 3.53. The number of nitrogens with zero attached hydrogens (tertiary/aromatic N) is 4. The number of hydrogen-bond donors (Lipinski definition) is 0. The van der Waals surface area contributed by atoms with Crippen LogP contribution >= 0.6 is 0 Å².